The molecule has 1 aromatic heterocycles. The average molecular weight is 405 g/mol. The van der Waals surface area contributed by atoms with Crippen molar-refractivity contribution in [1.29, 1.82) is 0 Å². The van der Waals surface area contributed by atoms with E-state index < -0.39 is 16.1 Å². The van der Waals surface area contributed by atoms with Crippen molar-refractivity contribution in [2.24, 2.45) is 0 Å². The largest absolute Gasteiger partial charge is 0.355 e. The van der Waals surface area contributed by atoms with Gasteiger partial charge in [-0.1, -0.05) is 43.3 Å². The highest BCUT2D eigenvalue weighted by Crippen LogP contribution is 2.21. The zero-order valence-corrected chi connectivity index (χ0v) is 16.4. The Bertz CT molecular complexity index is 1020. The third-order valence-electron chi connectivity index (χ3n) is 3.98. The maximum atomic E-state index is 13.0. The fourth-order valence-electron chi connectivity index (χ4n) is 2.66. The highest BCUT2D eigenvalue weighted by Gasteiger charge is 2.27. The molecule has 0 aliphatic carbocycles. The van der Waals surface area contributed by atoms with Crippen LogP contribution in [0.4, 0.5) is 0 Å². The molecule has 2 aromatic carbocycles. The van der Waals surface area contributed by atoms with Gasteiger partial charge in [0.05, 0.1) is 11.7 Å². The molecule has 2 N–H and O–H groups in total. The van der Waals surface area contributed by atoms with E-state index in [-0.39, 0.29) is 17.2 Å². The molecule has 0 fully saturated rings. The lowest BCUT2D eigenvalue weighted by Gasteiger charge is -2.18. The molecule has 3 aromatic rings. The smallest absolute Gasteiger partial charge is 0.243 e. The molecule has 1 amide bonds. The van der Waals surface area contributed by atoms with Gasteiger partial charge in [-0.25, -0.2) is 8.42 Å². The maximum absolute atomic E-state index is 13.0. The SMILES string of the molecule is CCCNC(=O)[C@@H](Cc1ccccc1)NS(=O)(=O)c1cccc2nsnc12. The topological polar surface area (TPSA) is 101 Å². The number of rotatable bonds is 8. The minimum absolute atomic E-state index is 0.0232. The van der Waals surface area contributed by atoms with Gasteiger partial charge < -0.3 is 5.32 Å². The summed E-state index contributed by atoms with van der Waals surface area (Å²) in [6.45, 7) is 2.42. The normalized spacial score (nSPS) is 12.8. The standard InChI is InChI=1S/C18H20N4O3S2/c1-2-11-19-18(23)15(12-13-7-4-3-5-8-13)22-27(24,25)16-10-6-9-14-17(16)21-26-20-14/h3-10,15,22H,2,11-12H2,1H3,(H,19,23)/t15-/m1/s1. The number of nitrogens with one attached hydrogen (secondary N) is 2. The summed E-state index contributed by atoms with van der Waals surface area (Å²) < 4.78 is 36.6. The maximum Gasteiger partial charge on any atom is 0.243 e. The Hall–Kier alpha value is -2.36. The number of sulfonamides is 1. The van der Waals surface area contributed by atoms with Crippen LogP contribution in [0.3, 0.4) is 0 Å². The second-order valence-corrected chi connectivity index (χ2v) is 8.25. The van der Waals surface area contributed by atoms with Crippen molar-refractivity contribution in [3.63, 3.8) is 0 Å². The number of nitrogens with zero attached hydrogens (tertiary/aromatic N) is 2. The minimum atomic E-state index is -3.95. The number of aromatic nitrogens is 2. The molecule has 1 heterocycles. The highest BCUT2D eigenvalue weighted by molar-refractivity contribution is 7.89. The Kier molecular flexibility index (Phi) is 6.15. The Balaban J connectivity index is 1.90. The van der Waals surface area contributed by atoms with Gasteiger partial charge in [-0.2, -0.15) is 13.5 Å². The first kappa shape index (κ1) is 19.4. The predicted molar refractivity (Wildman–Crippen MR) is 105 cm³/mol. The van der Waals surface area contributed by atoms with Crippen LogP contribution in [0.25, 0.3) is 11.0 Å². The molecule has 1 atom stereocenters. The molecule has 0 bridgehead atoms. The van der Waals surface area contributed by atoms with Crippen LogP contribution in [0.15, 0.2) is 53.4 Å². The number of fused-ring (bicyclic) bond motifs is 1. The first-order valence-electron chi connectivity index (χ1n) is 8.56. The molecule has 7 nitrogen and oxygen atoms in total. The van der Waals surface area contributed by atoms with E-state index in [4.69, 9.17) is 0 Å². The lowest BCUT2D eigenvalue weighted by atomic mass is 10.1. The van der Waals surface area contributed by atoms with Crippen molar-refractivity contribution in [3.8, 4) is 0 Å². The highest BCUT2D eigenvalue weighted by atomic mass is 32.2. The quantitative estimate of drug-likeness (QED) is 0.599. The molecule has 27 heavy (non-hydrogen) atoms. The molecule has 0 saturated carbocycles. The Labute approximate surface area is 162 Å². The molecule has 0 aliphatic heterocycles. The van der Waals surface area contributed by atoms with Gasteiger partial charge in [0, 0.05) is 6.54 Å². The van der Waals surface area contributed by atoms with Crippen LogP contribution in [0.1, 0.15) is 18.9 Å². The van der Waals surface area contributed by atoms with Gasteiger partial charge in [0.1, 0.15) is 22.0 Å². The number of carbonyl (C=O) groups is 1. The molecule has 0 radical (unpaired) electrons. The molecular formula is C18H20N4O3S2. The minimum Gasteiger partial charge on any atom is -0.355 e. The van der Waals surface area contributed by atoms with Gasteiger partial charge in [-0.3, -0.25) is 4.79 Å². The Morgan fingerprint density at radius 3 is 2.63 bits per heavy atom. The molecule has 0 unspecified atom stereocenters. The van der Waals surface area contributed by atoms with Crippen LogP contribution in [-0.4, -0.2) is 35.7 Å². The van der Waals surface area contributed by atoms with Crippen LogP contribution < -0.4 is 10.0 Å². The number of carbonyl (C=O) groups excluding carboxylic acids is 1. The summed E-state index contributed by atoms with van der Waals surface area (Å²) in [5.74, 6) is -0.354. The number of hydrogen-bond acceptors (Lipinski definition) is 6. The van der Waals surface area contributed by atoms with Crippen LogP contribution in [0.2, 0.25) is 0 Å². The van der Waals surface area contributed by atoms with Crippen LogP contribution in [0.5, 0.6) is 0 Å². The Morgan fingerprint density at radius 1 is 1.11 bits per heavy atom. The fraction of sp³-hybridized carbons (Fsp3) is 0.278. The lowest BCUT2D eigenvalue weighted by molar-refractivity contribution is -0.122. The van der Waals surface area contributed by atoms with Crippen molar-refractivity contribution in [3.05, 3.63) is 54.1 Å². The van der Waals surface area contributed by atoms with E-state index in [1.165, 1.54) is 6.07 Å². The first-order valence-corrected chi connectivity index (χ1v) is 10.8. The number of benzene rings is 2. The molecule has 0 saturated heterocycles. The zero-order valence-electron chi connectivity index (χ0n) is 14.8. The van der Waals surface area contributed by atoms with Gasteiger partial charge >= 0.3 is 0 Å². The third-order valence-corrected chi connectivity index (χ3v) is 6.03. The van der Waals surface area contributed by atoms with E-state index in [1.807, 2.05) is 37.3 Å². The summed E-state index contributed by atoms with van der Waals surface area (Å²) in [6.07, 6.45) is 1.02. The number of hydrogen-bond donors (Lipinski definition) is 2. The van der Waals surface area contributed by atoms with E-state index >= 15 is 0 Å². The van der Waals surface area contributed by atoms with Crippen molar-refractivity contribution in [2.45, 2.75) is 30.7 Å². The lowest BCUT2D eigenvalue weighted by Crippen LogP contribution is -2.48. The van der Waals surface area contributed by atoms with E-state index in [0.717, 1.165) is 23.7 Å². The van der Waals surface area contributed by atoms with Crippen molar-refractivity contribution in [2.75, 3.05) is 6.54 Å². The molecule has 9 heteroatoms. The van der Waals surface area contributed by atoms with Gasteiger partial charge in [0.2, 0.25) is 15.9 Å². The molecule has 0 spiro atoms. The van der Waals surface area contributed by atoms with E-state index in [1.54, 1.807) is 12.1 Å². The summed E-state index contributed by atoms with van der Waals surface area (Å²) in [7, 11) is -3.95. The van der Waals surface area contributed by atoms with E-state index in [2.05, 4.69) is 18.8 Å². The third kappa shape index (κ3) is 4.68. The first-order chi connectivity index (χ1) is 13.0. The van der Waals surface area contributed by atoms with Gasteiger partial charge in [-0.15, -0.1) is 0 Å². The van der Waals surface area contributed by atoms with E-state index in [9.17, 15) is 13.2 Å². The molecule has 142 valence electrons. The van der Waals surface area contributed by atoms with Crippen molar-refractivity contribution >= 4 is 38.7 Å². The molecule has 0 aliphatic rings. The monoisotopic (exact) mass is 404 g/mol. The number of amides is 1. The van der Waals surface area contributed by atoms with Gasteiger partial charge in [0.15, 0.2) is 0 Å². The summed E-state index contributed by atoms with van der Waals surface area (Å²) in [5.41, 5.74) is 1.69. The summed E-state index contributed by atoms with van der Waals surface area (Å²) in [4.78, 5) is 12.6. The second kappa shape index (κ2) is 8.55. The van der Waals surface area contributed by atoms with Crippen LogP contribution in [-0.2, 0) is 21.2 Å². The fourth-order valence-corrected chi connectivity index (χ4v) is 4.62. The van der Waals surface area contributed by atoms with Crippen molar-refractivity contribution < 1.29 is 13.2 Å². The second-order valence-electron chi connectivity index (χ2n) is 6.04. The van der Waals surface area contributed by atoms with Crippen molar-refractivity contribution in [1.82, 2.24) is 18.8 Å². The van der Waals surface area contributed by atoms with Gasteiger partial charge in [-0.05, 0) is 30.5 Å². The zero-order chi connectivity index (χ0) is 19.3. The average Bonchev–Trinajstić information content (AvgIpc) is 3.15. The van der Waals surface area contributed by atoms with Gasteiger partial charge in [0.25, 0.3) is 0 Å². The Morgan fingerprint density at radius 2 is 1.89 bits per heavy atom. The van der Waals surface area contributed by atoms with E-state index in [0.29, 0.717) is 17.6 Å². The predicted octanol–water partition coefficient (Wildman–Crippen LogP) is 2.11. The summed E-state index contributed by atoms with van der Waals surface area (Å²) >= 11 is 0.951. The van der Waals surface area contributed by atoms with Crippen LogP contribution >= 0.6 is 11.7 Å². The summed E-state index contributed by atoms with van der Waals surface area (Å²) in [5, 5.41) is 2.77. The van der Waals surface area contributed by atoms with Crippen LogP contribution in [0, 0.1) is 0 Å². The molecular weight excluding hydrogens is 384 g/mol. The molecule has 3 rings (SSSR count). The summed E-state index contributed by atoms with van der Waals surface area (Å²) in [6, 6.07) is 13.2.